The molecule has 0 aromatic heterocycles. The third-order valence-corrected chi connectivity index (χ3v) is 2.06. The lowest BCUT2D eigenvalue weighted by Gasteiger charge is -2.07. The molecule has 0 aliphatic carbocycles. The van der Waals surface area contributed by atoms with E-state index in [0.29, 0.717) is 18.4 Å². The van der Waals surface area contributed by atoms with Gasteiger partial charge in [0.25, 0.3) is 0 Å². The maximum absolute atomic E-state index is 12.8. The van der Waals surface area contributed by atoms with Crippen molar-refractivity contribution in [2.75, 3.05) is 6.61 Å². The van der Waals surface area contributed by atoms with Crippen molar-refractivity contribution in [2.45, 2.75) is 18.8 Å². The van der Waals surface area contributed by atoms with Gasteiger partial charge in [0, 0.05) is 6.61 Å². The maximum Gasteiger partial charge on any atom is 0.123 e. The van der Waals surface area contributed by atoms with Crippen LogP contribution in [-0.4, -0.2) is 11.7 Å². The third-order valence-electron chi connectivity index (χ3n) is 2.06. The average molecular weight is 193 g/mol. The molecule has 0 bridgehead atoms. The summed E-state index contributed by atoms with van der Waals surface area (Å²) < 4.78 is 12.8. The second kappa shape index (κ2) is 5.36. The monoisotopic (exact) mass is 193 g/mol. The van der Waals surface area contributed by atoms with Crippen LogP contribution in [0.3, 0.4) is 0 Å². The van der Waals surface area contributed by atoms with E-state index in [9.17, 15) is 4.39 Å². The number of rotatable bonds is 4. The van der Waals surface area contributed by atoms with Gasteiger partial charge in [0.15, 0.2) is 0 Å². The van der Waals surface area contributed by atoms with E-state index < -0.39 is 0 Å². The zero-order chi connectivity index (χ0) is 10.4. The summed E-state index contributed by atoms with van der Waals surface area (Å²) in [5.41, 5.74) is 0.681. The van der Waals surface area contributed by atoms with E-state index in [1.165, 1.54) is 12.1 Å². The number of nitriles is 1. The van der Waals surface area contributed by atoms with Crippen molar-refractivity contribution < 1.29 is 9.50 Å². The molecular weight excluding hydrogens is 181 g/mol. The van der Waals surface area contributed by atoms with Gasteiger partial charge in [-0.15, -0.1) is 0 Å². The van der Waals surface area contributed by atoms with Crippen molar-refractivity contribution in [3.63, 3.8) is 0 Å². The molecule has 0 aliphatic heterocycles. The van der Waals surface area contributed by atoms with Crippen LogP contribution in [0.5, 0.6) is 0 Å². The van der Waals surface area contributed by atoms with E-state index in [2.05, 4.69) is 6.07 Å². The Labute approximate surface area is 82.6 Å². The van der Waals surface area contributed by atoms with Crippen LogP contribution in [0.25, 0.3) is 0 Å². The molecule has 1 N–H and O–H groups in total. The second-order valence-corrected chi connectivity index (χ2v) is 3.10. The topological polar surface area (TPSA) is 44.0 Å². The van der Waals surface area contributed by atoms with Crippen LogP contribution < -0.4 is 0 Å². The van der Waals surface area contributed by atoms with Crippen LogP contribution in [0.15, 0.2) is 24.3 Å². The van der Waals surface area contributed by atoms with Crippen LogP contribution in [-0.2, 0) is 0 Å². The Bertz CT molecular complexity index is 332. The molecule has 0 radical (unpaired) electrons. The number of hydrogen-bond acceptors (Lipinski definition) is 2. The molecule has 14 heavy (non-hydrogen) atoms. The minimum atomic E-state index is -0.327. The Morgan fingerprint density at radius 2 is 2.29 bits per heavy atom. The fraction of sp³-hybridized carbons (Fsp3) is 0.364. The van der Waals surface area contributed by atoms with Crippen molar-refractivity contribution in [3.8, 4) is 6.07 Å². The predicted molar refractivity (Wildman–Crippen MR) is 51.1 cm³/mol. The van der Waals surface area contributed by atoms with Crippen molar-refractivity contribution in [1.29, 1.82) is 5.26 Å². The standard InChI is InChI=1S/C11H12FNO/c12-11-5-1-3-9(7-11)10(8-13)4-2-6-14/h1,3,5,7,10,14H,2,4,6H2/t10-/m1/s1. The molecule has 0 unspecified atom stereocenters. The van der Waals surface area contributed by atoms with E-state index in [1.54, 1.807) is 12.1 Å². The summed E-state index contributed by atoms with van der Waals surface area (Å²) in [5, 5.41) is 17.5. The van der Waals surface area contributed by atoms with Gasteiger partial charge in [-0.2, -0.15) is 5.26 Å². The molecule has 1 rings (SSSR count). The highest BCUT2D eigenvalue weighted by molar-refractivity contribution is 5.25. The largest absolute Gasteiger partial charge is 0.396 e. The van der Waals surface area contributed by atoms with Crippen LogP contribution in [0, 0.1) is 17.1 Å². The smallest absolute Gasteiger partial charge is 0.123 e. The first kappa shape index (κ1) is 10.7. The maximum atomic E-state index is 12.8. The second-order valence-electron chi connectivity index (χ2n) is 3.10. The lowest BCUT2D eigenvalue weighted by Crippen LogP contribution is -1.98. The minimum Gasteiger partial charge on any atom is -0.396 e. The SMILES string of the molecule is N#C[C@@H](CCCO)c1cccc(F)c1. The molecule has 1 aromatic rings. The fourth-order valence-corrected chi connectivity index (χ4v) is 1.32. The summed E-state index contributed by atoms with van der Waals surface area (Å²) in [6, 6.07) is 8.14. The van der Waals surface area contributed by atoms with Crippen molar-refractivity contribution in [2.24, 2.45) is 0 Å². The highest BCUT2D eigenvalue weighted by atomic mass is 19.1. The van der Waals surface area contributed by atoms with E-state index in [0.717, 1.165) is 0 Å². The van der Waals surface area contributed by atoms with Gasteiger partial charge in [-0.1, -0.05) is 12.1 Å². The summed E-state index contributed by atoms with van der Waals surface area (Å²) >= 11 is 0. The summed E-state index contributed by atoms with van der Waals surface area (Å²) in [6.45, 7) is 0.0630. The van der Waals surface area contributed by atoms with Gasteiger partial charge in [0.2, 0.25) is 0 Å². The third kappa shape index (κ3) is 2.82. The average Bonchev–Trinajstić information content (AvgIpc) is 2.19. The van der Waals surface area contributed by atoms with Gasteiger partial charge in [-0.05, 0) is 30.5 Å². The highest BCUT2D eigenvalue weighted by Gasteiger charge is 2.10. The van der Waals surface area contributed by atoms with Gasteiger partial charge in [-0.3, -0.25) is 0 Å². The number of aliphatic hydroxyl groups excluding tert-OH is 1. The molecule has 0 amide bonds. The molecule has 0 spiro atoms. The first-order valence-electron chi connectivity index (χ1n) is 4.54. The van der Waals surface area contributed by atoms with E-state index in [-0.39, 0.29) is 18.3 Å². The molecule has 74 valence electrons. The van der Waals surface area contributed by atoms with Gasteiger partial charge in [0.1, 0.15) is 5.82 Å². The fourth-order valence-electron chi connectivity index (χ4n) is 1.32. The molecule has 0 fully saturated rings. The summed E-state index contributed by atoms with van der Waals surface area (Å²) in [4.78, 5) is 0. The number of halogens is 1. The Morgan fingerprint density at radius 1 is 1.50 bits per heavy atom. The molecule has 0 saturated heterocycles. The Kier molecular flexibility index (Phi) is 4.09. The molecule has 0 heterocycles. The van der Waals surface area contributed by atoms with Crippen molar-refractivity contribution in [1.82, 2.24) is 0 Å². The highest BCUT2D eigenvalue weighted by Crippen LogP contribution is 2.20. The predicted octanol–water partition coefficient (Wildman–Crippen LogP) is 2.21. The van der Waals surface area contributed by atoms with Crippen LogP contribution in [0.2, 0.25) is 0 Å². The molecule has 3 heteroatoms. The molecule has 2 nitrogen and oxygen atoms in total. The lowest BCUT2D eigenvalue weighted by molar-refractivity contribution is 0.283. The molecule has 1 aromatic carbocycles. The van der Waals surface area contributed by atoms with Crippen molar-refractivity contribution in [3.05, 3.63) is 35.6 Å². The zero-order valence-electron chi connectivity index (χ0n) is 7.78. The zero-order valence-corrected chi connectivity index (χ0v) is 7.78. The van der Waals surface area contributed by atoms with Crippen LogP contribution in [0.4, 0.5) is 4.39 Å². The lowest BCUT2D eigenvalue weighted by atomic mass is 9.96. The summed E-state index contributed by atoms with van der Waals surface area (Å²) in [5.74, 6) is -0.649. The van der Waals surface area contributed by atoms with E-state index >= 15 is 0 Å². The summed E-state index contributed by atoms with van der Waals surface area (Å²) in [7, 11) is 0. The van der Waals surface area contributed by atoms with E-state index in [1.807, 2.05) is 0 Å². The minimum absolute atomic E-state index is 0.0630. The Hall–Kier alpha value is -1.40. The number of aliphatic hydroxyl groups is 1. The summed E-state index contributed by atoms with van der Waals surface area (Å²) in [6.07, 6.45) is 1.13. The van der Waals surface area contributed by atoms with Crippen molar-refractivity contribution >= 4 is 0 Å². The number of benzene rings is 1. The Balaban J connectivity index is 2.75. The van der Waals surface area contributed by atoms with Gasteiger partial charge < -0.3 is 5.11 Å². The van der Waals surface area contributed by atoms with Gasteiger partial charge >= 0.3 is 0 Å². The number of nitrogens with zero attached hydrogens (tertiary/aromatic N) is 1. The van der Waals surface area contributed by atoms with Crippen LogP contribution >= 0.6 is 0 Å². The van der Waals surface area contributed by atoms with Gasteiger partial charge in [-0.25, -0.2) is 4.39 Å². The molecule has 0 saturated carbocycles. The normalized spacial score (nSPS) is 12.1. The first-order chi connectivity index (χ1) is 6.77. The molecule has 1 atom stereocenters. The van der Waals surface area contributed by atoms with Gasteiger partial charge in [0.05, 0.1) is 12.0 Å². The number of hydrogen-bond donors (Lipinski definition) is 1. The Morgan fingerprint density at radius 3 is 2.86 bits per heavy atom. The quantitative estimate of drug-likeness (QED) is 0.796. The molecular formula is C11H12FNO. The van der Waals surface area contributed by atoms with E-state index in [4.69, 9.17) is 10.4 Å². The molecule has 0 aliphatic rings. The first-order valence-corrected chi connectivity index (χ1v) is 4.54. The van der Waals surface area contributed by atoms with Crippen LogP contribution in [0.1, 0.15) is 24.3 Å².